The highest BCUT2D eigenvalue weighted by Crippen LogP contribution is 2.26. The molecule has 2 rings (SSSR count). The fourth-order valence-corrected chi connectivity index (χ4v) is 2.17. The van der Waals surface area contributed by atoms with Crippen molar-refractivity contribution in [3.05, 3.63) is 46.8 Å². The SMILES string of the molecule is Nc1ccccc1N(CCO)C(=O)c1ccoc1Br. The summed E-state index contributed by atoms with van der Waals surface area (Å²) < 4.78 is 5.41. The normalized spacial score (nSPS) is 10.4. The first-order chi connectivity index (χ1) is 9.15. The molecule has 0 aliphatic heterocycles. The largest absolute Gasteiger partial charge is 0.457 e. The molecule has 0 radical (unpaired) electrons. The number of furan rings is 1. The predicted octanol–water partition coefficient (Wildman–Crippen LogP) is 2.26. The third-order valence-corrected chi connectivity index (χ3v) is 3.26. The lowest BCUT2D eigenvalue weighted by atomic mass is 10.2. The predicted molar refractivity (Wildman–Crippen MR) is 76.0 cm³/mol. The van der Waals surface area contributed by atoms with Gasteiger partial charge in [0.05, 0.1) is 29.8 Å². The van der Waals surface area contributed by atoms with Crippen LogP contribution in [0.2, 0.25) is 0 Å². The number of amides is 1. The van der Waals surface area contributed by atoms with E-state index < -0.39 is 0 Å². The molecule has 1 aromatic carbocycles. The van der Waals surface area contributed by atoms with E-state index in [4.69, 9.17) is 15.3 Å². The zero-order valence-electron chi connectivity index (χ0n) is 10.0. The maximum atomic E-state index is 12.4. The van der Waals surface area contributed by atoms with E-state index in [1.165, 1.54) is 11.2 Å². The van der Waals surface area contributed by atoms with Crippen molar-refractivity contribution in [3.63, 3.8) is 0 Å². The molecule has 0 atom stereocenters. The summed E-state index contributed by atoms with van der Waals surface area (Å²) in [5, 5.41) is 9.13. The molecule has 0 fully saturated rings. The molecule has 0 aliphatic carbocycles. The number of rotatable bonds is 4. The molecule has 0 aliphatic rings. The Labute approximate surface area is 118 Å². The molecule has 5 nitrogen and oxygen atoms in total. The highest BCUT2D eigenvalue weighted by Gasteiger charge is 2.22. The molecule has 0 saturated carbocycles. The number of benzene rings is 1. The van der Waals surface area contributed by atoms with Crippen molar-refractivity contribution < 1.29 is 14.3 Å². The average molecular weight is 325 g/mol. The standard InChI is InChI=1S/C13H13BrN2O3/c14-12-9(5-8-19-12)13(18)16(6-7-17)11-4-2-1-3-10(11)15/h1-5,8,17H,6-7,15H2. The van der Waals surface area contributed by atoms with Crippen molar-refractivity contribution in [2.24, 2.45) is 0 Å². The van der Waals surface area contributed by atoms with Crippen molar-refractivity contribution >= 4 is 33.2 Å². The molecule has 0 bridgehead atoms. The third kappa shape index (κ3) is 2.80. The van der Waals surface area contributed by atoms with Gasteiger partial charge in [-0.05, 0) is 34.1 Å². The number of hydrogen-bond donors (Lipinski definition) is 2. The van der Waals surface area contributed by atoms with Crippen molar-refractivity contribution in [1.82, 2.24) is 0 Å². The van der Waals surface area contributed by atoms with Gasteiger partial charge >= 0.3 is 0 Å². The summed E-state index contributed by atoms with van der Waals surface area (Å²) in [6, 6.07) is 8.58. The number of aliphatic hydroxyl groups excluding tert-OH is 1. The van der Waals surface area contributed by atoms with Crippen LogP contribution in [0.3, 0.4) is 0 Å². The van der Waals surface area contributed by atoms with E-state index in [0.717, 1.165) is 0 Å². The number of nitrogens with zero attached hydrogens (tertiary/aromatic N) is 1. The van der Waals surface area contributed by atoms with Crippen LogP contribution in [-0.2, 0) is 0 Å². The maximum absolute atomic E-state index is 12.4. The van der Waals surface area contributed by atoms with E-state index in [-0.39, 0.29) is 19.1 Å². The highest BCUT2D eigenvalue weighted by atomic mass is 79.9. The summed E-state index contributed by atoms with van der Waals surface area (Å²) in [6.07, 6.45) is 1.42. The molecule has 1 heterocycles. The summed E-state index contributed by atoms with van der Waals surface area (Å²) in [5.41, 5.74) is 7.30. The van der Waals surface area contributed by atoms with Gasteiger partial charge in [0.1, 0.15) is 0 Å². The summed E-state index contributed by atoms with van der Waals surface area (Å²) in [7, 11) is 0. The van der Waals surface area contributed by atoms with Crippen LogP contribution in [0.25, 0.3) is 0 Å². The Morgan fingerprint density at radius 3 is 2.68 bits per heavy atom. The van der Waals surface area contributed by atoms with Gasteiger partial charge in [0.25, 0.3) is 5.91 Å². The number of para-hydroxylation sites is 2. The highest BCUT2D eigenvalue weighted by molar-refractivity contribution is 9.10. The zero-order chi connectivity index (χ0) is 13.8. The number of aliphatic hydroxyl groups is 1. The Bertz CT molecular complexity index is 583. The monoisotopic (exact) mass is 324 g/mol. The fourth-order valence-electron chi connectivity index (χ4n) is 1.76. The lowest BCUT2D eigenvalue weighted by Crippen LogP contribution is -2.34. The van der Waals surface area contributed by atoms with Crippen LogP contribution in [0, 0.1) is 0 Å². The lowest BCUT2D eigenvalue weighted by molar-refractivity contribution is 0.0979. The molecular weight excluding hydrogens is 312 g/mol. The Balaban J connectivity index is 2.39. The van der Waals surface area contributed by atoms with E-state index in [1.807, 2.05) is 0 Å². The van der Waals surface area contributed by atoms with Gasteiger partial charge in [-0.2, -0.15) is 0 Å². The van der Waals surface area contributed by atoms with Crippen LogP contribution in [0.4, 0.5) is 11.4 Å². The van der Waals surface area contributed by atoms with Crippen LogP contribution in [-0.4, -0.2) is 24.2 Å². The number of hydrogen-bond acceptors (Lipinski definition) is 4. The van der Waals surface area contributed by atoms with Gasteiger partial charge in [0.2, 0.25) is 0 Å². The van der Waals surface area contributed by atoms with Crippen molar-refractivity contribution in [2.75, 3.05) is 23.8 Å². The fraction of sp³-hybridized carbons (Fsp3) is 0.154. The quantitative estimate of drug-likeness (QED) is 0.845. The third-order valence-electron chi connectivity index (χ3n) is 2.64. The van der Waals surface area contributed by atoms with Crippen LogP contribution in [0.1, 0.15) is 10.4 Å². The van der Waals surface area contributed by atoms with Gasteiger partial charge in [-0.1, -0.05) is 12.1 Å². The molecule has 0 spiro atoms. The summed E-state index contributed by atoms with van der Waals surface area (Å²) in [6.45, 7) is 0.000210. The van der Waals surface area contributed by atoms with Gasteiger partial charge in [-0.3, -0.25) is 4.79 Å². The van der Waals surface area contributed by atoms with Crippen molar-refractivity contribution in [2.45, 2.75) is 0 Å². The van der Waals surface area contributed by atoms with E-state index in [0.29, 0.717) is 21.6 Å². The van der Waals surface area contributed by atoms with Gasteiger partial charge in [-0.25, -0.2) is 0 Å². The first-order valence-corrected chi connectivity index (χ1v) is 6.44. The molecule has 1 amide bonds. The number of anilines is 2. The number of carbonyl (C=O) groups excluding carboxylic acids is 1. The van der Waals surface area contributed by atoms with Gasteiger partial charge in [0, 0.05) is 6.54 Å². The lowest BCUT2D eigenvalue weighted by Gasteiger charge is -2.22. The van der Waals surface area contributed by atoms with Crippen LogP contribution in [0.5, 0.6) is 0 Å². The van der Waals surface area contributed by atoms with E-state index >= 15 is 0 Å². The van der Waals surface area contributed by atoms with Gasteiger partial charge < -0.3 is 20.2 Å². The molecular formula is C13H13BrN2O3. The molecule has 0 saturated heterocycles. The molecule has 1 aromatic heterocycles. The van der Waals surface area contributed by atoms with E-state index in [9.17, 15) is 4.79 Å². The molecule has 100 valence electrons. The topological polar surface area (TPSA) is 79.7 Å². The van der Waals surface area contributed by atoms with Gasteiger partial charge in [0.15, 0.2) is 4.67 Å². The first kappa shape index (κ1) is 13.6. The smallest absolute Gasteiger partial charge is 0.262 e. The Morgan fingerprint density at radius 1 is 1.37 bits per heavy atom. The molecule has 2 aromatic rings. The number of nitrogen functional groups attached to an aromatic ring is 1. The number of carbonyl (C=O) groups is 1. The minimum atomic E-state index is -0.285. The summed E-state index contributed by atoms with van der Waals surface area (Å²) >= 11 is 3.17. The second kappa shape index (κ2) is 5.90. The minimum absolute atomic E-state index is 0.157. The zero-order valence-corrected chi connectivity index (χ0v) is 11.6. The molecule has 0 unspecified atom stereocenters. The van der Waals surface area contributed by atoms with Crippen LogP contribution < -0.4 is 10.6 Å². The second-order valence-electron chi connectivity index (χ2n) is 3.85. The summed E-state index contributed by atoms with van der Waals surface area (Å²) in [4.78, 5) is 13.9. The molecule has 6 heteroatoms. The van der Waals surface area contributed by atoms with E-state index in [1.54, 1.807) is 30.3 Å². The second-order valence-corrected chi connectivity index (χ2v) is 4.57. The maximum Gasteiger partial charge on any atom is 0.262 e. The van der Waals surface area contributed by atoms with E-state index in [2.05, 4.69) is 15.9 Å². The Morgan fingerprint density at radius 2 is 2.11 bits per heavy atom. The van der Waals surface area contributed by atoms with Gasteiger partial charge in [-0.15, -0.1) is 0 Å². The molecule has 3 N–H and O–H groups in total. The van der Waals surface area contributed by atoms with Crippen molar-refractivity contribution in [3.8, 4) is 0 Å². The minimum Gasteiger partial charge on any atom is -0.457 e. The summed E-state index contributed by atoms with van der Waals surface area (Å²) in [5.74, 6) is -0.285. The number of nitrogens with two attached hydrogens (primary N) is 1. The van der Waals surface area contributed by atoms with Crippen LogP contribution >= 0.6 is 15.9 Å². The first-order valence-electron chi connectivity index (χ1n) is 5.65. The Hall–Kier alpha value is -1.79. The number of halogens is 1. The Kier molecular flexibility index (Phi) is 4.24. The van der Waals surface area contributed by atoms with Crippen molar-refractivity contribution in [1.29, 1.82) is 0 Å². The molecule has 19 heavy (non-hydrogen) atoms. The average Bonchev–Trinajstić information content (AvgIpc) is 2.82. The van der Waals surface area contributed by atoms with Crippen LogP contribution in [0.15, 0.2) is 45.7 Å².